The standard InChI is InChI=1S/C21H19N5O2/c1-12-23-10-14(11-24-12)13-7-8-15-17(9-13)26(20(28)21(15,2)3)18-6-4-5-16(25-18)19(22)27/h4-11H,1-3H3,(H2,22,27). The molecule has 0 saturated heterocycles. The highest BCUT2D eigenvalue weighted by Crippen LogP contribution is 2.46. The molecule has 0 spiro atoms. The van der Waals surface area contributed by atoms with Crippen LogP contribution in [0, 0.1) is 6.92 Å². The van der Waals surface area contributed by atoms with E-state index in [9.17, 15) is 9.59 Å². The summed E-state index contributed by atoms with van der Waals surface area (Å²) in [6, 6.07) is 10.7. The number of carbonyl (C=O) groups excluding carboxylic acids is 2. The van der Waals surface area contributed by atoms with Crippen molar-refractivity contribution in [3.8, 4) is 11.1 Å². The highest BCUT2D eigenvalue weighted by atomic mass is 16.2. The predicted octanol–water partition coefficient (Wildman–Crippen LogP) is 2.90. The number of carbonyl (C=O) groups is 2. The van der Waals surface area contributed by atoms with Gasteiger partial charge < -0.3 is 5.73 Å². The topological polar surface area (TPSA) is 102 Å². The maximum absolute atomic E-state index is 13.2. The number of pyridine rings is 1. The lowest BCUT2D eigenvalue weighted by molar-refractivity contribution is -0.121. The van der Waals surface area contributed by atoms with Gasteiger partial charge in [0.25, 0.3) is 5.91 Å². The predicted molar refractivity (Wildman–Crippen MR) is 105 cm³/mol. The Morgan fingerprint density at radius 3 is 2.46 bits per heavy atom. The first-order valence-electron chi connectivity index (χ1n) is 8.84. The Bertz CT molecular complexity index is 1110. The van der Waals surface area contributed by atoms with Gasteiger partial charge in [0, 0.05) is 18.0 Å². The van der Waals surface area contributed by atoms with Gasteiger partial charge in [0.15, 0.2) is 0 Å². The number of hydrogen-bond donors (Lipinski definition) is 1. The number of rotatable bonds is 3. The molecule has 2 aromatic heterocycles. The molecule has 0 fully saturated rings. The van der Waals surface area contributed by atoms with Gasteiger partial charge in [0.05, 0.1) is 11.1 Å². The van der Waals surface area contributed by atoms with E-state index < -0.39 is 11.3 Å². The zero-order chi connectivity index (χ0) is 20.1. The van der Waals surface area contributed by atoms with Crippen LogP contribution in [0.5, 0.6) is 0 Å². The normalized spacial score (nSPS) is 14.8. The van der Waals surface area contributed by atoms with Gasteiger partial charge in [-0.25, -0.2) is 15.0 Å². The molecule has 1 aliphatic rings. The Morgan fingerprint density at radius 1 is 1.07 bits per heavy atom. The molecule has 2 N–H and O–H groups in total. The minimum absolute atomic E-state index is 0.111. The Labute approximate surface area is 162 Å². The maximum atomic E-state index is 13.2. The number of aromatic nitrogens is 3. The van der Waals surface area contributed by atoms with Crippen molar-refractivity contribution in [3.05, 3.63) is 65.9 Å². The third-order valence-electron chi connectivity index (χ3n) is 4.98. The number of benzene rings is 1. The van der Waals surface area contributed by atoms with Gasteiger partial charge in [-0.3, -0.25) is 14.5 Å². The van der Waals surface area contributed by atoms with E-state index in [1.54, 1.807) is 29.4 Å². The third-order valence-corrected chi connectivity index (χ3v) is 4.98. The van der Waals surface area contributed by atoms with Gasteiger partial charge in [0.2, 0.25) is 5.91 Å². The summed E-state index contributed by atoms with van der Waals surface area (Å²) < 4.78 is 0. The molecule has 1 aliphatic heterocycles. The van der Waals surface area contributed by atoms with Crippen molar-refractivity contribution in [2.24, 2.45) is 5.73 Å². The lowest BCUT2D eigenvalue weighted by Gasteiger charge is -2.20. The fourth-order valence-electron chi connectivity index (χ4n) is 3.38. The van der Waals surface area contributed by atoms with Crippen LogP contribution in [0.4, 0.5) is 11.5 Å². The molecule has 7 heteroatoms. The molecule has 2 amide bonds. The van der Waals surface area contributed by atoms with Crippen molar-refractivity contribution in [2.45, 2.75) is 26.2 Å². The molecule has 7 nitrogen and oxygen atoms in total. The summed E-state index contributed by atoms with van der Waals surface area (Å²) in [4.78, 5) is 39.1. The van der Waals surface area contributed by atoms with Gasteiger partial charge in [-0.2, -0.15) is 0 Å². The van der Waals surface area contributed by atoms with Crippen LogP contribution in [0.3, 0.4) is 0 Å². The van der Waals surface area contributed by atoms with Crippen LogP contribution in [-0.2, 0) is 10.2 Å². The number of nitrogens with two attached hydrogens (primary N) is 1. The third kappa shape index (κ3) is 2.72. The molecule has 0 bridgehead atoms. The largest absolute Gasteiger partial charge is 0.364 e. The van der Waals surface area contributed by atoms with E-state index in [1.165, 1.54) is 6.07 Å². The summed E-state index contributed by atoms with van der Waals surface area (Å²) >= 11 is 0. The number of amides is 2. The van der Waals surface area contributed by atoms with Gasteiger partial charge in [-0.15, -0.1) is 0 Å². The monoisotopic (exact) mass is 373 g/mol. The molecule has 140 valence electrons. The van der Waals surface area contributed by atoms with Crippen LogP contribution >= 0.6 is 0 Å². The molecule has 4 rings (SSSR count). The highest BCUT2D eigenvalue weighted by Gasteiger charge is 2.45. The van der Waals surface area contributed by atoms with E-state index in [1.807, 2.05) is 39.0 Å². The molecule has 3 aromatic rings. The van der Waals surface area contributed by atoms with Crippen LogP contribution in [0.2, 0.25) is 0 Å². The number of hydrogen-bond acceptors (Lipinski definition) is 5. The lowest BCUT2D eigenvalue weighted by atomic mass is 9.85. The molecule has 28 heavy (non-hydrogen) atoms. The van der Waals surface area contributed by atoms with Gasteiger partial charge in [-0.1, -0.05) is 18.2 Å². The van der Waals surface area contributed by atoms with Crippen molar-refractivity contribution in [1.29, 1.82) is 0 Å². The van der Waals surface area contributed by atoms with E-state index in [0.29, 0.717) is 11.6 Å². The van der Waals surface area contributed by atoms with E-state index in [2.05, 4.69) is 15.0 Å². The Morgan fingerprint density at radius 2 is 1.79 bits per heavy atom. The van der Waals surface area contributed by atoms with Crippen LogP contribution < -0.4 is 10.6 Å². The van der Waals surface area contributed by atoms with E-state index in [-0.39, 0.29) is 11.6 Å². The second-order valence-corrected chi connectivity index (χ2v) is 7.26. The van der Waals surface area contributed by atoms with E-state index >= 15 is 0 Å². The Kier molecular flexibility index (Phi) is 3.96. The number of nitrogens with zero attached hydrogens (tertiary/aromatic N) is 4. The fourth-order valence-corrected chi connectivity index (χ4v) is 3.38. The minimum atomic E-state index is -0.720. The summed E-state index contributed by atoms with van der Waals surface area (Å²) in [5, 5.41) is 0. The SMILES string of the molecule is Cc1ncc(-c2ccc3c(c2)N(c2cccc(C(N)=O)n2)C(=O)C3(C)C)cn1. The first-order chi connectivity index (χ1) is 13.3. The molecule has 0 aliphatic carbocycles. The molecule has 0 saturated carbocycles. The van der Waals surface area contributed by atoms with Crippen LogP contribution in [0.25, 0.3) is 11.1 Å². The molecule has 0 unspecified atom stereocenters. The molecular weight excluding hydrogens is 354 g/mol. The van der Waals surface area contributed by atoms with Crippen molar-refractivity contribution in [3.63, 3.8) is 0 Å². The zero-order valence-electron chi connectivity index (χ0n) is 15.8. The number of aryl methyl sites for hydroxylation is 1. The number of primary amides is 1. The van der Waals surface area contributed by atoms with E-state index in [0.717, 1.165) is 22.4 Å². The average molecular weight is 373 g/mol. The molecule has 0 atom stereocenters. The van der Waals surface area contributed by atoms with Gasteiger partial charge in [-0.05, 0) is 50.1 Å². The smallest absolute Gasteiger partial charge is 0.267 e. The highest BCUT2D eigenvalue weighted by molar-refractivity contribution is 6.12. The molecule has 1 aromatic carbocycles. The first-order valence-corrected chi connectivity index (χ1v) is 8.84. The second-order valence-electron chi connectivity index (χ2n) is 7.26. The second kappa shape index (κ2) is 6.23. The van der Waals surface area contributed by atoms with E-state index in [4.69, 9.17) is 5.73 Å². The fraction of sp³-hybridized carbons (Fsp3) is 0.190. The zero-order valence-corrected chi connectivity index (χ0v) is 15.8. The summed E-state index contributed by atoms with van der Waals surface area (Å²) in [5.74, 6) is 0.299. The average Bonchev–Trinajstić information content (AvgIpc) is 2.88. The molecule has 3 heterocycles. The van der Waals surface area contributed by atoms with Crippen molar-refractivity contribution in [2.75, 3.05) is 4.90 Å². The van der Waals surface area contributed by atoms with Crippen molar-refractivity contribution < 1.29 is 9.59 Å². The van der Waals surface area contributed by atoms with Crippen LogP contribution in [0.1, 0.15) is 35.7 Å². The summed E-state index contributed by atoms with van der Waals surface area (Å²) in [6.45, 7) is 5.58. The summed E-state index contributed by atoms with van der Waals surface area (Å²) in [5.41, 5.74) is 8.10. The Hall–Kier alpha value is -3.61. The van der Waals surface area contributed by atoms with Crippen molar-refractivity contribution >= 4 is 23.3 Å². The first kappa shape index (κ1) is 17.8. The van der Waals surface area contributed by atoms with Gasteiger partial charge in [0.1, 0.15) is 17.3 Å². The number of fused-ring (bicyclic) bond motifs is 1. The van der Waals surface area contributed by atoms with Crippen LogP contribution in [0.15, 0.2) is 48.8 Å². The minimum Gasteiger partial charge on any atom is -0.364 e. The van der Waals surface area contributed by atoms with Crippen LogP contribution in [-0.4, -0.2) is 26.8 Å². The summed E-state index contributed by atoms with van der Waals surface area (Å²) in [6.07, 6.45) is 3.50. The van der Waals surface area contributed by atoms with Crippen molar-refractivity contribution in [1.82, 2.24) is 15.0 Å². The summed E-state index contributed by atoms with van der Waals surface area (Å²) in [7, 11) is 0. The lowest BCUT2D eigenvalue weighted by Crippen LogP contribution is -2.33. The quantitative estimate of drug-likeness (QED) is 0.760. The maximum Gasteiger partial charge on any atom is 0.267 e. The van der Waals surface area contributed by atoms with Gasteiger partial charge >= 0.3 is 0 Å². The molecular formula is C21H19N5O2. The molecule has 0 radical (unpaired) electrons. The number of anilines is 2. The Balaban J connectivity index is 1.88.